The van der Waals surface area contributed by atoms with Gasteiger partial charge in [-0.05, 0) is 62.1 Å². The fourth-order valence-electron chi connectivity index (χ4n) is 4.52. The van der Waals surface area contributed by atoms with E-state index in [2.05, 4.69) is 27.3 Å². The summed E-state index contributed by atoms with van der Waals surface area (Å²) in [6.07, 6.45) is 5.51. The van der Waals surface area contributed by atoms with Gasteiger partial charge in [-0.25, -0.2) is 9.48 Å². The summed E-state index contributed by atoms with van der Waals surface area (Å²) in [5, 5.41) is 8.74. The Morgan fingerprint density at radius 3 is 2.88 bits per heavy atom. The van der Waals surface area contributed by atoms with E-state index in [0.717, 1.165) is 40.0 Å². The van der Waals surface area contributed by atoms with E-state index in [1.165, 1.54) is 4.68 Å². The van der Waals surface area contributed by atoms with E-state index in [1.807, 2.05) is 43.3 Å². The SMILES string of the molecule is Cc1cc(C)c2ccc(C(=O)NC3CCc4nn(Cc5cccnc5)c(=O)n4CC3)cc2n1. The third kappa shape index (κ3) is 4.28. The maximum atomic E-state index is 12.9. The summed E-state index contributed by atoms with van der Waals surface area (Å²) in [5.74, 6) is 0.651. The number of benzene rings is 1. The number of nitrogens with zero attached hydrogens (tertiary/aromatic N) is 5. The Morgan fingerprint density at radius 2 is 2.06 bits per heavy atom. The van der Waals surface area contributed by atoms with Gasteiger partial charge in [0.25, 0.3) is 5.91 Å². The van der Waals surface area contributed by atoms with Crippen LogP contribution in [0.4, 0.5) is 0 Å². The molecule has 5 rings (SSSR count). The van der Waals surface area contributed by atoms with E-state index in [9.17, 15) is 9.59 Å². The van der Waals surface area contributed by atoms with Crippen molar-refractivity contribution in [3.05, 3.63) is 87.5 Å². The van der Waals surface area contributed by atoms with Gasteiger partial charge < -0.3 is 5.32 Å². The van der Waals surface area contributed by atoms with Crippen molar-refractivity contribution in [2.24, 2.45) is 0 Å². The summed E-state index contributed by atoms with van der Waals surface area (Å²) >= 11 is 0. The number of rotatable bonds is 4. The van der Waals surface area contributed by atoms with Crippen molar-refractivity contribution in [2.45, 2.75) is 52.2 Å². The first-order valence-corrected chi connectivity index (χ1v) is 11.2. The summed E-state index contributed by atoms with van der Waals surface area (Å²) in [6, 6.07) is 11.5. The molecular weight excluding hydrogens is 416 g/mol. The molecule has 4 heterocycles. The molecule has 0 saturated carbocycles. The van der Waals surface area contributed by atoms with Gasteiger partial charge in [0.2, 0.25) is 0 Å². The van der Waals surface area contributed by atoms with Crippen LogP contribution in [-0.4, -0.2) is 36.3 Å². The zero-order valence-electron chi connectivity index (χ0n) is 18.8. The van der Waals surface area contributed by atoms with Crippen LogP contribution >= 0.6 is 0 Å². The van der Waals surface area contributed by atoms with Gasteiger partial charge in [0.1, 0.15) is 5.82 Å². The van der Waals surface area contributed by atoms with Crippen LogP contribution in [0, 0.1) is 13.8 Å². The second kappa shape index (κ2) is 8.61. The van der Waals surface area contributed by atoms with Gasteiger partial charge in [-0.2, -0.15) is 5.10 Å². The molecule has 1 amide bonds. The summed E-state index contributed by atoms with van der Waals surface area (Å²) in [4.78, 5) is 34.5. The number of hydrogen-bond donors (Lipinski definition) is 1. The molecule has 1 atom stereocenters. The van der Waals surface area contributed by atoms with Crippen LogP contribution in [-0.2, 0) is 19.5 Å². The lowest BCUT2D eigenvalue weighted by molar-refractivity contribution is 0.0933. The number of aromatic nitrogens is 5. The lowest BCUT2D eigenvalue weighted by Gasteiger charge is -2.16. The maximum absolute atomic E-state index is 12.9. The molecule has 1 aliphatic rings. The highest BCUT2D eigenvalue weighted by atomic mass is 16.2. The fraction of sp³-hybridized carbons (Fsp3) is 0.320. The van der Waals surface area contributed by atoms with E-state index in [1.54, 1.807) is 17.0 Å². The number of nitrogens with one attached hydrogen (secondary N) is 1. The molecule has 0 fully saturated rings. The third-order valence-corrected chi connectivity index (χ3v) is 6.21. The van der Waals surface area contributed by atoms with Gasteiger partial charge in [-0.1, -0.05) is 12.1 Å². The molecule has 0 saturated heterocycles. The van der Waals surface area contributed by atoms with Crippen molar-refractivity contribution in [2.75, 3.05) is 0 Å². The highest BCUT2D eigenvalue weighted by molar-refractivity contribution is 5.98. The van der Waals surface area contributed by atoms with E-state index in [-0.39, 0.29) is 17.6 Å². The van der Waals surface area contributed by atoms with E-state index in [0.29, 0.717) is 31.5 Å². The van der Waals surface area contributed by atoms with Crippen molar-refractivity contribution in [3.63, 3.8) is 0 Å². The lowest BCUT2D eigenvalue weighted by Crippen LogP contribution is -2.35. The van der Waals surface area contributed by atoms with Crippen LogP contribution in [0.3, 0.4) is 0 Å². The number of carbonyl (C=O) groups is 1. The van der Waals surface area contributed by atoms with Gasteiger partial charge in [-0.3, -0.25) is 19.3 Å². The average Bonchev–Trinajstić information content (AvgIpc) is 2.96. The van der Waals surface area contributed by atoms with Crippen molar-refractivity contribution < 1.29 is 4.79 Å². The zero-order valence-corrected chi connectivity index (χ0v) is 18.8. The Morgan fingerprint density at radius 1 is 1.18 bits per heavy atom. The second-order valence-corrected chi connectivity index (χ2v) is 8.68. The van der Waals surface area contributed by atoms with E-state index < -0.39 is 0 Å². The molecule has 168 valence electrons. The van der Waals surface area contributed by atoms with Crippen LogP contribution < -0.4 is 11.0 Å². The molecule has 0 bridgehead atoms. The molecule has 1 N–H and O–H groups in total. The fourth-order valence-corrected chi connectivity index (χ4v) is 4.52. The van der Waals surface area contributed by atoms with Crippen LogP contribution in [0.1, 0.15) is 45.8 Å². The Hall–Kier alpha value is -3.81. The van der Waals surface area contributed by atoms with Crippen molar-refractivity contribution in [1.29, 1.82) is 0 Å². The largest absolute Gasteiger partial charge is 0.349 e. The molecule has 0 radical (unpaired) electrons. The molecule has 3 aromatic heterocycles. The number of hydrogen-bond acceptors (Lipinski definition) is 5. The van der Waals surface area contributed by atoms with Gasteiger partial charge in [0, 0.05) is 48.0 Å². The third-order valence-electron chi connectivity index (χ3n) is 6.21. The number of amides is 1. The molecule has 1 aliphatic heterocycles. The van der Waals surface area contributed by atoms with Gasteiger partial charge in [0.15, 0.2) is 0 Å². The molecule has 4 aromatic rings. The quantitative estimate of drug-likeness (QED) is 0.524. The topological polar surface area (TPSA) is 94.7 Å². The Labute approximate surface area is 191 Å². The number of pyridine rings is 2. The summed E-state index contributed by atoms with van der Waals surface area (Å²) < 4.78 is 3.23. The minimum absolute atomic E-state index is 0.0201. The first-order chi connectivity index (χ1) is 16.0. The van der Waals surface area contributed by atoms with Crippen LogP contribution in [0.5, 0.6) is 0 Å². The van der Waals surface area contributed by atoms with Gasteiger partial charge in [-0.15, -0.1) is 0 Å². The summed E-state index contributed by atoms with van der Waals surface area (Å²) in [6.45, 7) is 4.95. The number of carbonyl (C=O) groups excluding carboxylic acids is 1. The minimum atomic E-state index is -0.118. The van der Waals surface area contributed by atoms with E-state index >= 15 is 0 Å². The van der Waals surface area contributed by atoms with Crippen molar-refractivity contribution in [1.82, 2.24) is 29.6 Å². The Balaban J connectivity index is 1.28. The molecule has 33 heavy (non-hydrogen) atoms. The standard InChI is InChI=1S/C25H26N6O2/c1-16-12-17(2)27-22-13-19(5-7-21(16)22)24(32)28-20-6-8-23-29-31(25(33)30(23)11-9-20)15-18-4-3-10-26-14-18/h3-5,7,10,12-14,20H,6,8-9,11,15H2,1-2H3,(H,28,32). The zero-order chi connectivity index (χ0) is 22.9. The average molecular weight is 443 g/mol. The van der Waals surface area contributed by atoms with Gasteiger partial charge in [0.05, 0.1) is 12.1 Å². The summed E-state index contributed by atoms with van der Waals surface area (Å²) in [7, 11) is 0. The number of fused-ring (bicyclic) bond motifs is 2. The first kappa shape index (κ1) is 21.1. The number of aryl methyl sites for hydroxylation is 3. The predicted molar refractivity (Wildman–Crippen MR) is 125 cm³/mol. The molecule has 8 nitrogen and oxygen atoms in total. The predicted octanol–water partition coefficient (Wildman–Crippen LogP) is 2.79. The van der Waals surface area contributed by atoms with E-state index in [4.69, 9.17) is 0 Å². The first-order valence-electron chi connectivity index (χ1n) is 11.2. The molecule has 0 aliphatic carbocycles. The molecule has 8 heteroatoms. The van der Waals surface area contributed by atoms with Gasteiger partial charge >= 0.3 is 5.69 Å². The Bertz CT molecular complexity index is 1390. The second-order valence-electron chi connectivity index (χ2n) is 8.68. The molecule has 0 spiro atoms. The highest BCUT2D eigenvalue weighted by Crippen LogP contribution is 2.20. The molecular formula is C25H26N6O2. The van der Waals surface area contributed by atoms with Crippen molar-refractivity contribution in [3.8, 4) is 0 Å². The van der Waals surface area contributed by atoms with Crippen molar-refractivity contribution >= 4 is 16.8 Å². The normalized spacial score (nSPS) is 15.8. The maximum Gasteiger partial charge on any atom is 0.346 e. The van der Waals surface area contributed by atoms with Crippen LogP contribution in [0.15, 0.2) is 53.6 Å². The summed E-state index contributed by atoms with van der Waals surface area (Å²) in [5.41, 5.74) is 4.33. The monoisotopic (exact) mass is 442 g/mol. The lowest BCUT2D eigenvalue weighted by atomic mass is 10.0. The molecule has 1 aromatic carbocycles. The smallest absolute Gasteiger partial charge is 0.346 e. The minimum Gasteiger partial charge on any atom is -0.349 e. The molecule has 1 unspecified atom stereocenters. The Kier molecular flexibility index (Phi) is 5.50. The van der Waals surface area contributed by atoms with Crippen LogP contribution in [0.25, 0.3) is 10.9 Å². The van der Waals surface area contributed by atoms with Crippen LogP contribution in [0.2, 0.25) is 0 Å². The highest BCUT2D eigenvalue weighted by Gasteiger charge is 2.22.